The summed E-state index contributed by atoms with van der Waals surface area (Å²) in [5.41, 5.74) is 2.71. The number of hydrogen-bond donors (Lipinski definition) is 1. The van der Waals surface area contributed by atoms with Crippen LogP contribution in [-0.2, 0) is 6.54 Å². The fourth-order valence-corrected chi connectivity index (χ4v) is 2.50. The van der Waals surface area contributed by atoms with E-state index < -0.39 is 5.97 Å². The van der Waals surface area contributed by atoms with E-state index in [4.69, 9.17) is 0 Å². The second kappa shape index (κ2) is 4.33. The fraction of sp³-hybridized carbons (Fsp3) is 0.500. The zero-order valence-electron chi connectivity index (χ0n) is 11.2. The molecular weight excluding hydrogens is 242 g/mol. The number of aromatic carboxylic acids is 1. The maximum atomic E-state index is 11.5. The van der Waals surface area contributed by atoms with Crippen LogP contribution in [0.1, 0.15) is 53.8 Å². The monoisotopic (exact) mass is 259 g/mol. The fourth-order valence-electron chi connectivity index (χ4n) is 2.50. The highest BCUT2D eigenvalue weighted by molar-refractivity contribution is 6.03. The Morgan fingerprint density at radius 1 is 1.53 bits per heavy atom. The molecule has 1 saturated carbocycles. The first kappa shape index (κ1) is 12.1. The molecule has 0 bridgehead atoms. The summed E-state index contributed by atoms with van der Waals surface area (Å²) in [6, 6.07) is 1.65. The van der Waals surface area contributed by atoms with Gasteiger partial charge in [-0.3, -0.25) is 0 Å². The van der Waals surface area contributed by atoms with Crippen LogP contribution in [0, 0.1) is 6.92 Å². The number of aromatic nitrogens is 3. The average Bonchev–Trinajstić information content (AvgIpc) is 3.13. The summed E-state index contributed by atoms with van der Waals surface area (Å²) in [7, 11) is 0. The molecule has 1 aliphatic rings. The van der Waals surface area contributed by atoms with Crippen molar-refractivity contribution in [3.05, 3.63) is 23.0 Å². The zero-order chi connectivity index (χ0) is 13.6. The van der Waals surface area contributed by atoms with E-state index in [0.29, 0.717) is 11.5 Å². The minimum absolute atomic E-state index is 0.340. The minimum Gasteiger partial charge on any atom is -0.478 e. The Hall–Kier alpha value is -1.91. The van der Waals surface area contributed by atoms with Crippen molar-refractivity contribution in [3.63, 3.8) is 0 Å². The zero-order valence-corrected chi connectivity index (χ0v) is 11.2. The van der Waals surface area contributed by atoms with E-state index in [1.54, 1.807) is 6.07 Å². The summed E-state index contributed by atoms with van der Waals surface area (Å²) in [6.45, 7) is 4.68. The minimum atomic E-state index is -0.895. The molecule has 0 unspecified atom stereocenters. The van der Waals surface area contributed by atoms with Crippen molar-refractivity contribution >= 4 is 17.0 Å². The topological polar surface area (TPSA) is 68.0 Å². The molecule has 5 heteroatoms. The molecule has 2 heterocycles. The second-order valence-electron chi connectivity index (χ2n) is 5.20. The van der Waals surface area contributed by atoms with Crippen LogP contribution in [0.2, 0.25) is 0 Å². The lowest BCUT2D eigenvalue weighted by atomic mass is 10.1. The standard InChI is InChI=1S/C14H17N3O2/c1-3-6-17-13-11(12(16-17)9-4-5-9)10(14(18)19)7-8(2)15-13/h7,9H,3-6H2,1-2H3,(H,18,19). The van der Waals surface area contributed by atoms with Gasteiger partial charge in [-0.25, -0.2) is 14.5 Å². The highest BCUT2D eigenvalue weighted by atomic mass is 16.4. The van der Waals surface area contributed by atoms with Crippen LogP contribution in [0.5, 0.6) is 0 Å². The SMILES string of the molecule is CCCn1nc(C2CC2)c2c(C(=O)O)cc(C)nc21. The molecule has 19 heavy (non-hydrogen) atoms. The normalized spacial score (nSPS) is 15.1. The van der Waals surface area contributed by atoms with Crippen LogP contribution in [0.4, 0.5) is 0 Å². The van der Waals surface area contributed by atoms with Crippen molar-refractivity contribution in [2.24, 2.45) is 0 Å². The second-order valence-corrected chi connectivity index (χ2v) is 5.20. The Balaban J connectivity index is 2.32. The molecule has 0 spiro atoms. The third-order valence-electron chi connectivity index (χ3n) is 3.49. The van der Waals surface area contributed by atoms with E-state index in [2.05, 4.69) is 17.0 Å². The van der Waals surface area contributed by atoms with E-state index in [9.17, 15) is 9.90 Å². The first-order valence-corrected chi connectivity index (χ1v) is 6.73. The lowest BCUT2D eigenvalue weighted by Crippen LogP contribution is -2.03. The van der Waals surface area contributed by atoms with Gasteiger partial charge in [-0.15, -0.1) is 0 Å². The van der Waals surface area contributed by atoms with Crippen molar-refractivity contribution < 1.29 is 9.90 Å². The third kappa shape index (κ3) is 1.99. The van der Waals surface area contributed by atoms with Gasteiger partial charge < -0.3 is 5.11 Å². The summed E-state index contributed by atoms with van der Waals surface area (Å²) >= 11 is 0. The molecule has 0 saturated heterocycles. The average molecular weight is 259 g/mol. The van der Waals surface area contributed by atoms with Gasteiger partial charge in [0.15, 0.2) is 5.65 Å². The molecule has 100 valence electrons. The molecular formula is C14H17N3O2. The van der Waals surface area contributed by atoms with E-state index >= 15 is 0 Å². The van der Waals surface area contributed by atoms with Gasteiger partial charge in [0.05, 0.1) is 16.6 Å². The molecule has 0 amide bonds. The quantitative estimate of drug-likeness (QED) is 0.916. The van der Waals surface area contributed by atoms with Gasteiger partial charge in [0.1, 0.15) is 0 Å². The molecule has 0 atom stereocenters. The molecule has 1 fully saturated rings. The number of aryl methyl sites for hydroxylation is 2. The van der Waals surface area contributed by atoms with Crippen LogP contribution < -0.4 is 0 Å². The van der Waals surface area contributed by atoms with Crippen LogP contribution in [0.3, 0.4) is 0 Å². The molecule has 2 aromatic rings. The molecule has 1 aliphatic carbocycles. The molecule has 0 radical (unpaired) electrons. The predicted molar refractivity (Wildman–Crippen MR) is 71.5 cm³/mol. The highest BCUT2D eigenvalue weighted by Gasteiger charge is 2.31. The lowest BCUT2D eigenvalue weighted by molar-refractivity contribution is 0.0699. The maximum absolute atomic E-state index is 11.5. The van der Waals surface area contributed by atoms with Gasteiger partial charge >= 0.3 is 5.97 Å². The van der Waals surface area contributed by atoms with Crippen molar-refractivity contribution in [2.75, 3.05) is 0 Å². The Labute approximate surface area is 111 Å². The van der Waals surface area contributed by atoms with Gasteiger partial charge in [0, 0.05) is 18.2 Å². The van der Waals surface area contributed by atoms with E-state index in [-0.39, 0.29) is 0 Å². The van der Waals surface area contributed by atoms with Crippen molar-refractivity contribution in [2.45, 2.75) is 45.6 Å². The predicted octanol–water partition coefficient (Wildman–Crippen LogP) is 2.73. The van der Waals surface area contributed by atoms with Crippen molar-refractivity contribution in [3.8, 4) is 0 Å². The Morgan fingerprint density at radius 3 is 2.84 bits per heavy atom. The Morgan fingerprint density at radius 2 is 2.26 bits per heavy atom. The van der Waals surface area contributed by atoms with Gasteiger partial charge in [0.25, 0.3) is 0 Å². The van der Waals surface area contributed by atoms with E-state index in [1.807, 2.05) is 11.6 Å². The number of fused-ring (bicyclic) bond motifs is 1. The Bertz CT molecular complexity index is 656. The maximum Gasteiger partial charge on any atom is 0.336 e. The highest BCUT2D eigenvalue weighted by Crippen LogP contribution is 2.43. The van der Waals surface area contributed by atoms with Gasteiger partial charge in [-0.2, -0.15) is 5.10 Å². The van der Waals surface area contributed by atoms with Crippen LogP contribution in [-0.4, -0.2) is 25.8 Å². The molecule has 1 N–H and O–H groups in total. The molecule has 5 nitrogen and oxygen atoms in total. The van der Waals surface area contributed by atoms with E-state index in [1.165, 1.54) is 0 Å². The largest absolute Gasteiger partial charge is 0.478 e. The van der Waals surface area contributed by atoms with Crippen LogP contribution in [0.25, 0.3) is 11.0 Å². The van der Waals surface area contributed by atoms with Crippen molar-refractivity contribution in [1.82, 2.24) is 14.8 Å². The summed E-state index contributed by atoms with van der Waals surface area (Å²) < 4.78 is 1.86. The number of pyridine rings is 1. The summed E-state index contributed by atoms with van der Waals surface area (Å²) in [5.74, 6) is -0.475. The van der Waals surface area contributed by atoms with Crippen LogP contribution >= 0.6 is 0 Å². The van der Waals surface area contributed by atoms with Gasteiger partial charge in [-0.1, -0.05) is 6.92 Å². The van der Waals surface area contributed by atoms with E-state index in [0.717, 1.165) is 48.2 Å². The molecule has 3 rings (SSSR count). The smallest absolute Gasteiger partial charge is 0.336 e. The number of carbonyl (C=O) groups is 1. The number of carboxylic acid groups (broad SMARTS) is 1. The molecule has 0 aromatic carbocycles. The number of hydrogen-bond acceptors (Lipinski definition) is 3. The summed E-state index contributed by atoms with van der Waals surface area (Å²) in [4.78, 5) is 16.0. The van der Waals surface area contributed by atoms with Gasteiger partial charge in [-0.05, 0) is 32.3 Å². The third-order valence-corrected chi connectivity index (χ3v) is 3.49. The number of nitrogens with zero attached hydrogens (tertiary/aromatic N) is 3. The lowest BCUT2D eigenvalue weighted by Gasteiger charge is -2.03. The van der Waals surface area contributed by atoms with Crippen molar-refractivity contribution in [1.29, 1.82) is 0 Å². The molecule has 0 aliphatic heterocycles. The number of carboxylic acids is 1. The number of rotatable bonds is 4. The Kier molecular flexibility index (Phi) is 2.77. The first-order chi connectivity index (χ1) is 9.11. The molecule has 2 aromatic heterocycles. The first-order valence-electron chi connectivity index (χ1n) is 6.73. The summed E-state index contributed by atoms with van der Waals surface area (Å²) in [5, 5.41) is 14.8. The van der Waals surface area contributed by atoms with Crippen LogP contribution in [0.15, 0.2) is 6.07 Å². The van der Waals surface area contributed by atoms with Gasteiger partial charge in [0.2, 0.25) is 0 Å². The summed E-state index contributed by atoms with van der Waals surface area (Å²) in [6.07, 6.45) is 3.16.